The molecule has 1 aromatic carbocycles. The normalized spacial score (nSPS) is 15.1. The molecule has 5 N–H and O–H groups in total. The minimum atomic E-state index is -1.65. The second-order valence-corrected chi connectivity index (χ2v) is 9.20. The summed E-state index contributed by atoms with van der Waals surface area (Å²) in [6, 6.07) is 7.52. The molecule has 7 nitrogen and oxygen atoms in total. The number of ether oxygens (including phenoxy) is 2. The summed E-state index contributed by atoms with van der Waals surface area (Å²) in [7, 11) is 0. The fourth-order valence-corrected chi connectivity index (χ4v) is 3.77. The highest BCUT2D eigenvalue weighted by molar-refractivity contribution is 5.26. The third kappa shape index (κ3) is 14.2. The summed E-state index contributed by atoms with van der Waals surface area (Å²) in [6.07, 6.45) is 9.65. The second-order valence-electron chi connectivity index (χ2n) is 9.20. The Kier molecular flexibility index (Phi) is 18.1. The van der Waals surface area contributed by atoms with Crippen LogP contribution in [0.1, 0.15) is 89.5 Å². The number of hydrogen-bond donors (Lipinski definition) is 5. The van der Waals surface area contributed by atoms with E-state index >= 15 is 0 Å². The standard InChI is InChI=1S/C27H48O7/c1-2-3-4-5-6-7-8-9-10-11-12-13-18-34-23-16-14-22(15-17-23)20-33-21-25(30)27(32)26(31)24(29)19-28/h14-17,24-32H,2-13,18-21H2,1H3. The Labute approximate surface area is 205 Å². The highest BCUT2D eigenvalue weighted by atomic mass is 16.5. The summed E-state index contributed by atoms with van der Waals surface area (Å²) in [4.78, 5) is 0. The molecule has 0 aromatic heterocycles. The molecule has 0 fully saturated rings. The van der Waals surface area contributed by atoms with Crippen LogP contribution in [0.25, 0.3) is 0 Å². The molecule has 0 aliphatic rings. The molecule has 1 aromatic rings. The molecule has 0 aliphatic heterocycles. The number of aliphatic hydroxyl groups is 5. The molecule has 0 radical (unpaired) electrons. The van der Waals surface area contributed by atoms with Gasteiger partial charge in [0.05, 0.1) is 26.4 Å². The van der Waals surface area contributed by atoms with Gasteiger partial charge in [0.25, 0.3) is 0 Å². The van der Waals surface area contributed by atoms with Crippen LogP contribution >= 0.6 is 0 Å². The minimum Gasteiger partial charge on any atom is -0.494 e. The number of aliphatic hydroxyl groups excluding tert-OH is 5. The van der Waals surface area contributed by atoms with Gasteiger partial charge in [-0.25, -0.2) is 0 Å². The molecule has 0 amide bonds. The Hall–Kier alpha value is -1.22. The average molecular weight is 485 g/mol. The van der Waals surface area contributed by atoms with Crippen molar-refractivity contribution in [1.82, 2.24) is 0 Å². The smallest absolute Gasteiger partial charge is 0.119 e. The molecule has 0 aliphatic carbocycles. The van der Waals surface area contributed by atoms with Crippen molar-refractivity contribution in [2.24, 2.45) is 0 Å². The van der Waals surface area contributed by atoms with Gasteiger partial charge in [-0.2, -0.15) is 0 Å². The largest absolute Gasteiger partial charge is 0.494 e. The van der Waals surface area contributed by atoms with Crippen LogP contribution in [-0.4, -0.2) is 69.8 Å². The Morgan fingerprint density at radius 3 is 1.71 bits per heavy atom. The molecule has 34 heavy (non-hydrogen) atoms. The monoisotopic (exact) mass is 484 g/mol. The van der Waals surface area contributed by atoms with Gasteiger partial charge < -0.3 is 35.0 Å². The minimum absolute atomic E-state index is 0.215. The first kappa shape index (κ1) is 30.8. The van der Waals surface area contributed by atoms with Crippen molar-refractivity contribution in [2.75, 3.05) is 19.8 Å². The van der Waals surface area contributed by atoms with Crippen LogP contribution in [0.2, 0.25) is 0 Å². The van der Waals surface area contributed by atoms with Crippen molar-refractivity contribution in [1.29, 1.82) is 0 Å². The molecule has 0 heterocycles. The van der Waals surface area contributed by atoms with Gasteiger partial charge in [0.1, 0.15) is 30.2 Å². The van der Waals surface area contributed by atoms with E-state index in [1.807, 2.05) is 24.3 Å². The van der Waals surface area contributed by atoms with E-state index in [1.165, 1.54) is 70.6 Å². The Morgan fingerprint density at radius 1 is 0.676 bits per heavy atom. The quantitative estimate of drug-likeness (QED) is 0.159. The van der Waals surface area contributed by atoms with Gasteiger partial charge in [-0.1, -0.05) is 89.7 Å². The lowest BCUT2D eigenvalue weighted by atomic mass is 10.0. The van der Waals surface area contributed by atoms with Crippen LogP contribution in [0.3, 0.4) is 0 Å². The van der Waals surface area contributed by atoms with Gasteiger partial charge in [0, 0.05) is 0 Å². The third-order valence-electron chi connectivity index (χ3n) is 6.07. The average Bonchev–Trinajstić information content (AvgIpc) is 2.86. The number of unbranched alkanes of at least 4 members (excludes halogenated alkanes) is 11. The zero-order valence-electron chi connectivity index (χ0n) is 21.0. The molecular formula is C27H48O7. The summed E-state index contributed by atoms with van der Waals surface area (Å²) in [5, 5.41) is 47.4. The fraction of sp³-hybridized carbons (Fsp3) is 0.778. The highest BCUT2D eigenvalue weighted by Crippen LogP contribution is 2.15. The second kappa shape index (κ2) is 20.0. The predicted molar refractivity (Wildman–Crippen MR) is 134 cm³/mol. The van der Waals surface area contributed by atoms with Crippen molar-refractivity contribution >= 4 is 0 Å². The molecule has 1 rings (SSSR count). The van der Waals surface area contributed by atoms with Gasteiger partial charge in [-0.05, 0) is 24.1 Å². The van der Waals surface area contributed by atoms with Crippen LogP contribution in [0, 0.1) is 0 Å². The summed E-state index contributed by atoms with van der Waals surface area (Å²) in [5.41, 5.74) is 0.885. The van der Waals surface area contributed by atoms with Crippen LogP contribution in [0.15, 0.2) is 24.3 Å². The fourth-order valence-electron chi connectivity index (χ4n) is 3.77. The van der Waals surface area contributed by atoms with Crippen molar-refractivity contribution in [2.45, 2.75) is 115 Å². The SMILES string of the molecule is CCCCCCCCCCCCCCOc1ccc(COCC(O)C(O)C(O)C(O)CO)cc1. The van der Waals surface area contributed by atoms with Gasteiger partial charge in [0.15, 0.2) is 0 Å². The molecular weight excluding hydrogens is 436 g/mol. The van der Waals surface area contributed by atoms with E-state index in [2.05, 4.69) is 6.92 Å². The first-order valence-corrected chi connectivity index (χ1v) is 13.1. The van der Waals surface area contributed by atoms with Crippen molar-refractivity contribution < 1.29 is 35.0 Å². The van der Waals surface area contributed by atoms with Gasteiger partial charge in [0.2, 0.25) is 0 Å². The molecule has 4 atom stereocenters. The molecule has 198 valence electrons. The van der Waals surface area contributed by atoms with E-state index in [0.29, 0.717) is 6.61 Å². The summed E-state index contributed by atoms with van der Waals surface area (Å²) in [6.45, 7) is 2.27. The van der Waals surface area contributed by atoms with Crippen molar-refractivity contribution in [3.8, 4) is 5.75 Å². The summed E-state index contributed by atoms with van der Waals surface area (Å²) in [5.74, 6) is 0.809. The lowest BCUT2D eigenvalue weighted by Gasteiger charge is -2.25. The van der Waals surface area contributed by atoms with E-state index in [1.54, 1.807) is 0 Å². The number of hydrogen-bond acceptors (Lipinski definition) is 7. The predicted octanol–water partition coefficient (Wildman–Crippen LogP) is 3.72. The van der Waals surface area contributed by atoms with E-state index < -0.39 is 31.0 Å². The van der Waals surface area contributed by atoms with Crippen LogP contribution in [-0.2, 0) is 11.3 Å². The van der Waals surface area contributed by atoms with E-state index in [-0.39, 0.29) is 13.2 Å². The number of benzene rings is 1. The van der Waals surface area contributed by atoms with Crippen molar-refractivity contribution in [3.05, 3.63) is 29.8 Å². The van der Waals surface area contributed by atoms with Crippen molar-refractivity contribution in [3.63, 3.8) is 0 Å². The van der Waals surface area contributed by atoms with Crippen LogP contribution in [0.4, 0.5) is 0 Å². The molecule has 0 bridgehead atoms. The van der Waals surface area contributed by atoms with Gasteiger partial charge in [-0.15, -0.1) is 0 Å². The van der Waals surface area contributed by atoms with Gasteiger partial charge >= 0.3 is 0 Å². The third-order valence-corrected chi connectivity index (χ3v) is 6.07. The Balaban J connectivity index is 2.05. The zero-order valence-corrected chi connectivity index (χ0v) is 21.0. The summed E-state index contributed by atoms with van der Waals surface area (Å²) >= 11 is 0. The first-order valence-electron chi connectivity index (χ1n) is 13.1. The molecule has 0 saturated carbocycles. The maximum Gasteiger partial charge on any atom is 0.119 e. The van der Waals surface area contributed by atoms with E-state index in [4.69, 9.17) is 14.6 Å². The lowest BCUT2D eigenvalue weighted by molar-refractivity contribution is -0.130. The van der Waals surface area contributed by atoms with Crippen LogP contribution in [0.5, 0.6) is 5.75 Å². The van der Waals surface area contributed by atoms with Gasteiger partial charge in [-0.3, -0.25) is 0 Å². The van der Waals surface area contributed by atoms with E-state index in [9.17, 15) is 20.4 Å². The Bertz CT molecular complexity index is 581. The molecule has 0 saturated heterocycles. The van der Waals surface area contributed by atoms with E-state index in [0.717, 1.165) is 17.7 Å². The maximum absolute atomic E-state index is 9.86. The lowest BCUT2D eigenvalue weighted by Crippen LogP contribution is -2.47. The molecule has 7 heteroatoms. The summed E-state index contributed by atoms with van der Waals surface area (Å²) < 4.78 is 11.2. The highest BCUT2D eigenvalue weighted by Gasteiger charge is 2.30. The molecule has 0 spiro atoms. The number of rotatable bonds is 22. The maximum atomic E-state index is 9.86. The molecule has 4 unspecified atom stereocenters. The zero-order chi connectivity index (χ0) is 25.0. The van der Waals surface area contributed by atoms with Crippen LogP contribution < -0.4 is 4.74 Å². The Morgan fingerprint density at radius 2 is 1.18 bits per heavy atom. The topological polar surface area (TPSA) is 120 Å². The first-order chi connectivity index (χ1) is 16.5.